The fraction of sp³-hybridized carbons (Fsp3) is 0.929. The number of ether oxygens (including phenoxy) is 1. The maximum Gasteiger partial charge on any atom is 0.323 e. The normalized spacial score (nSPS) is 21.8. The van der Waals surface area contributed by atoms with E-state index in [1.807, 2.05) is 13.8 Å². The largest absolute Gasteiger partial charge is 0.480 e. The molecule has 0 bridgehead atoms. The molecule has 2 N–H and O–H groups in total. The predicted molar refractivity (Wildman–Crippen MR) is 75.4 cm³/mol. The Labute approximate surface area is 116 Å². The van der Waals surface area contributed by atoms with Crippen LogP contribution in [-0.4, -0.2) is 59.9 Å². The van der Waals surface area contributed by atoms with Crippen molar-refractivity contribution in [1.82, 2.24) is 10.2 Å². The zero-order valence-electron chi connectivity index (χ0n) is 12.6. The van der Waals surface area contributed by atoms with Gasteiger partial charge in [-0.05, 0) is 26.7 Å². The lowest BCUT2D eigenvalue weighted by atomic mass is 9.92. The van der Waals surface area contributed by atoms with E-state index in [2.05, 4.69) is 24.1 Å². The Bertz CT molecular complexity index is 290. The third-order valence-electron chi connectivity index (χ3n) is 4.19. The van der Waals surface area contributed by atoms with Crippen molar-refractivity contribution in [2.24, 2.45) is 0 Å². The van der Waals surface area contributed by atoms with Crippen LogP contribution >= 0.6 is 0 Å². The molecule has 1 atom stereocenters. The van der Waals surface area contributed by atoms with Crippen LogP contribution in [0.1, 0.15) is 40.5 Å². The zero-order chi connectivity index (χ0) is 14.5. The smallest absolute Gasteiger partial charge is 0.323 e. The molecule has 1 heterocycles. The first kappa shape index (κ1) is 16.4. The highest BCUT2D eigenvalue weighted by Gasteiger charge is 2.35. The Balaban J connectivity index is 2.52. The second kappa shape index (κ2) is 7.22. The first-order chi connectivity index (χ1) is 8.95. The van der Waals surface area contributed by atoms with E-state index in [0.717, 1.165) is 19.7 Å². The highest BCUT2D eigenvalue weighted by atomic mass is 16.5. The molecule has 5 heteroatoms. The van der Waals surface area contributed by atoms with Crippen molar-refractivity contribution in [3.8, 4) is 0 Å². The van der Waals surface area contributed by atoms with E-state index >= 15 is 0 Å². The van der Waals surface area contributed by atoms with Crippen molar-refractivity contribution in [2.45, 2.75) is 58.2 Å². The van der Waals surface area contributed by atoms with Gasteiger partial charge in [0.2, 0.25) is 0 Å². The maximum atomic E-state index is 11.4. The molecule has 0 amide bonds. The van der Waals surface area contributed by atoms with Crippen LogP contribution in [0.2, 0.25) is 0 Å². The first-order valence-electron chi connectivity index (χ1n) is 7.29. The molecular formula is C14H28N2O3. The first-order valence-corrected chi connectivity index (χ1v) is 7.29. The minimum Gasteiger partial charge on any atom is -0.480 e. The van der Waals surface area contributed by atoms with Gasteiger partial charge in [-0.3, -0.25) is 15.0 Å². The quantitative estimate of drug-likeness (QED) is 0.732. The summed E-state index contributed by atoms with van der Waals surface area (Å²) < 4.78 is 5.73. The van der Waals surface area contributed by atoms with Crippen LogP contribution in [0.15, 0.2) is 0 Å². The summed E-state index contributed by atoms with van der Waals surface area (Å²) >= 11 is 0. The molecule has 0 radical (unpaired) electrons. The minimum absolute atomic E-state index is 0.0768. The Morgan fingerprint density at radius 1 is 1.47 bits per heavy atom. The van der Waals surface area contributed by atoms with Gasteiger partial charge in [0, 0.05) is 25.7 Å². The molecule has 1 rings (SSSR count). The lowest BCUT2D eigenvalue weighted by Crippen LogP contribution is -2.56. The number of carboxylic acid groups (broad SMARTS) is 1. The van der Waals surface area contributed by atoms with Crippen molar-refractivity contribution in [3.05, 3.63) is 0 Å². The molecular weight excluding hydrogens is 244 g/mol. The summed E-state index contributed by atoms with van der Waals surface area (Å²) in [5, 5.41) is 12.6. The SMILES string of the molecule is CCC(CC)(NCC1CN(C(C)C)CCO1)C(=O)O. The molecule has 0 saturated carbocycles. The van der Waals surface area contributed by atoms with Gasteiger partial charge >= 0.3 is 5.97 Å². The number of hydrogen-bond donors (Lipinski definition) is 2. The van der Waals surface area contributed by atoms with Gasteiger partial charge in [-0.15, -0.1) is 0 Å². The molecule has 0 aromatic heterocycles. The Hall–Kier alpha value is -0.650. The fourth-order valence-electron chi connectivity index (χ4n) is 2.52. The van der Waals surface area contributed by atoms with Crippen LogP contribution in [0.5, 0.6) is 0 Å². The molecule has 0 aromatic carbocycles. The molecule has 1 unspecified atom stereocenters. The van der Waals surface area contributed by atoms with E-state index < -0.39 is 11.5 Å². The molecule has 1 saturated heterocycles. The summed E-state index contributed by atoms with van der Waals surface area (Å²) in [5.41, 5.74) is -0.816. The summed E-state index contributed by atoms with van der Waals surface area (Å²) in [4.78, 5) is 13.8. The van der Waals surface area contributed by atoms with Gasteiger partial charge in [-0.25, -0.2) is 0 Å². The zero-order valence-corrected chi connectivity index (χ0v) is 12.6. The van der Waals surface area contributed by atoms with Crippen molar-refractivity contribution < 1.29 is 14.6 Å². The Kier molecular flexibility index (Phi) is 6.23. The summed E-state index contributed by atoms with van der Waals surface area (Å²) in [7, 11) is 0. The second-order valence-corrected chi connectivity index (χ2v) is 5.56. The average molecular weight is 272 g/mol. The summed E-state index contributed by atoms with van der Waals surface area (Å²) in [5.74, 6) is -0.769. The third-order valence-corrected chi connectivity index (χ3v) is 4.19. The van der Waals surface area contributed by atoms with E-state index in [1.165, 1.54) is 0 Å². The molecule has 112 valence electrons. The van der Waals surface area contributed by atoms with Gasteiger partial charge in [0.05, 0.1) is 12.7 Å². The molecule has 0 spiro atoms. The number of carboxylic acids is 1. The third kappa shape index (κ3) is 4.16. The Morgan fingerprint density at radius 3 is 2.58 bits per heavy atom. The number of nitrogens with zero attached hydrogens (tertiary/aromatic N) is 1. The average Bonchev–Trinajstić information content (AvgIpc) is 2.40. The van der Waals surface area contributed by atoms with Crippen LogP contribution in [0.3, 0.4) is 0 Å². The maximum absolute atomic E-state index is 11.4. The van der Waals surface area contributed by atoms with E-state index in [-0.39, 0.29) is 6.10 Å². The van der Waals surface area contributed by atoms with Crippen molar-refractivity contribution in [3.63, 3.8) is 0 Å². The highest BCUT2D eigenvalue weighted by Crippen LogP contribution is 2.16. The molecule has 1 aliphatic rings. The van der Waals surface area contributed by atoms with Gasteiger partial charge in [0.15, 0.2) is 0 Å². The number of hydrogen-bond acceptors (Lipinski definition) is 4. The van der Waals surface area contributed by atoms with Crippen molar-refractivity contribution >= 4 is 5.97 Å². The van der Waals surface area contributed by atoms with Crippen molar-refractivity contribution in [2.75, 3.05) is 26.2 Å². The number of rotatable bonds is 7. The molecule has 5 nitrogen and oxygen atoms in total. The monoisotopic (exact) mass is 272 g/mol. The van der Waals surface area contributed by atoms with Gasteiger partial charge in [0.1, 0.15) is 5.54 Å². The minimum atomic E-state index is -0.816. The standard InChI is InChI=1S/C14H28N2O3/c1-5-14(6-2,13(17)18)15-9-12-10-16(11(3)4)7-8-19-12/h11-12,15H,5-10H2,1-4H3,(H,17,18). The number of nitrogens with one attached hydrogen (secondary N) is 1. The molecule has 1 aliphatic heterocycles. The van der Waals surface area contributed by atoms with Crippen LogP contribution in [-0.2, 0) is 9.53 Å². The van der Waals surface area contributed by atoms with E-state index in [0.29, 0.717) is 25.4 Å². The van der Waals surface area contributed by atoms with Crippen molar-refractivity contribution in [1.29, 1.82) is 0 Å². The van der Waals surface area contributed by atoms with Crippen LogP contribution in [0.25, 0.3) is 0 Å². The second-order valence-electron chi connectivity index (χ2n) is 5.56. The van der Waals surface area contributed by atoms with Crippen LogP contribution < -0.4 is 5.32 Å². The summed E-state index contributed by atoms with van der Waals surface area (Å²) in [6.07, 6.45) is 1.24. The van der Waals surface area contributed by atoms with Gasteiger partial charge in [0.25, 0.3) is 0 Å². The molecule has 19 heavy (non-hydrogen) atoms. The van der Waals surface area contributed by atoms with E-state index in [1.54, 1.807) is 0 Å². The Morgan fingerprint density at radius 2 is 2.11 bits per heavy atom. The predicted octanol–water partition coefficient (Wildman–Crippen LogP) is 1.33. The van der Waals surface area contributed by atoms with E-state index in [4.69, 9.17) is 4.74 Å². The highest BCUT2D eigenvalue weighted by molar-refractivity contribution is 5.78. The summed E-state index contributed by atoms with van der Waals surface area (Å²) in [6, 6.07) is 0.507. The molecule has 1 fully saturated rings. The summed E-state index contributed by atoms with van der Waals surface area (Å²) in [6.45, 7) is 11.3. The molecule has 0 aromatic rings. The lowest BCUT2D eigenvalue weighted by Gasteiger charge is -2.37. The van der Waals surface area contributed by atoms with E-state index in [9.17, 15) is 9.90 Å². The number of carbonyl (C=O) groups is 1. The van der Waals surface area contributed by atoms with Gasteiger partial charge in [-0.1, -0.05) is 13.8 Å². The van der Waals surface area contributed by atoms with Gasteiger partial charge < -0.3 is 9.84 Å². The topological polar surface area (TPSA) is 61.8 Å². The molecule has 0 aliphatic carbocycles. The number of morpholine rings is 1. The van der Waals surface area contributed by atoms with Crippen LogP contribution in [0, 0.1) is 0 Å². The van der Waals surface area contributed by atoms with Crippen LogP contribution in [0.4, 0.5) is 0 Å². The van der Waals surface area contributed by atoms with Gasteiger partial charge in [-0.2, -0.15) is 0 Å². The fourth-order valence-corrected chi connectivity index (χ4v) is 2.52. The lowest BCUT2D eigenvalue weighted by molar-refractivity contribution is -0.145. The number of aliphatic carboxylic acids is 1.